The Balaban J connectivity index is 1.66. The molecular weight excluding hydrogens is 366 g/mol. The second kappa shape index (κ2) is 11.5. The average molecular weight is 393 g/mol. The molecule has 2 aromatic carbocycles. The summed E-state index contributed by atoms with van der Waals surface area (Å²) in [5, 5.41) is 19.4. The Morgan fingerprint density at radius 3 is 2.28 bits per heavy atom. The smallest absolute Gasteiger partial charge is 0.108 e. The number of benzene rings is 2. The van der Waals surface area contributed by atoms with E-state index in [9.17, 15) is 5.11 Å². The molecule has 1 aliphatic heterocycles. The van der Waals surface area contributed by atoms with E-state index < -0.39 is 12.2 Å². The fourth-order valence-corrected chi connectivity index (χ4v) is 3.25. The van der Waals surface area contributed by atoms with E-state index in [1.165, 1.54) is 0 Å². The summed E-state index contributed by atoms with van der Waals surface area (Å²) in [6, 6.07) is 22.0. The third-order valence-electron chi connectivity index (χ3n) is 4.84. The molecule has 3 rings (SSSR count). The molecule has 1 N–H and O–H groups in total. The molecule has 2 aromatic rings. The molecule has 0 bridgehead atoms. The van der Waals surface area contributed by atoms with Gasteiger partial charge in [0, 0.05) is 0 Å². The lowest BCUT2D eigenvalue weighted by Gasteiger charge is -2.33. The second-order valence-corrected chi connectivity index (χ2v) is 7.07. The van der Waals surface area contributed by atoms with Gasteiger partial charge in [-0.3, -0.25) is 0 Å². The number of ether oxygens (including phenoxy) is 3. The predicted molar refractivity (Wildman–Crippen MR) is 110 cm³/mol. The zero-order chi connectivity index (χ0) is 20.3. The van der Waals surface area contributed by atoms with Crippen molar-refractivity contribution in [2.75, 3.05) is 6.61 Å². The number of rotatable bonds is 8. The lowest BCUT2D eigenvalue weighted by atomic mass is 10.0. The van der Waals surface area contributed by atoms with Gasteiger partial charge in [0.25, 0.3) is 0 Å². The number of aliphatic hydroxyl groups excluding tert-OH is 1. The lowest BCUT2D eigenvalue weighted by molar-refractivity contribution is -0.151. The topological polar surface area (TPSA) is 71.7 Å². The second-order valence-electron chi connectivity index (χ2n) is 7.07. The molecule has 0 aromatic heterocycles. The van der Waals surface area contributed by atoms with Gasteiger partial charge in [-0.25, -0.2) is 0 Å². The number of nitrogens with zero attached hydrogens (tertiary/aromatic N) is 1. The van der Waals surface area contributed by atoms with Gasteiger partial charge in [0.1, 0.15) is 12.2 Å². The van der Waals surface area contributed by atoms with E-state index in [2.05, 4.69) is 6.07 Å². The molecule has 5 nitrogen and oxygen atoms in total. The van der Waals surface area contributed by atoms with Crippen LogP contribution in [-0.2, 0) is 27.4 Å². The first-order chi connectivity index (χ1) is 14.3. The van der Waals surface area contributed by atoms with Gasteiger partial charge in [-0.1, -0.05) is 72.8 Å². The summed E-state index contributed by atoms with van der Waals surface area (Å²) in [6.07, 6.45) is 2.23. The molecule has 29 heavy (non-hydrogen) atoms. The van der Waals surface area contributed by atoms with Crippen molar-refractivity contribution in [2.45, 2.75) is 50.5 Å². The average Bonchev–Trinajstić information content (AvgIpc) is 2.75. The highest BCUT2D eigenvalue weighted by molar-refractivity contribution is 5.14. The van der Waals surface area contributed by atoms with Gasteiger partial charge in [-0.15, -0.1) is 0 Å². The molecule has 0 saturated carbocycles. The predicted octanol–water partition coefficient (Wildman–Crippen LogP) is 3.78. The monoisotopic (exact) mass is 393 g/mol. The van der Waals surface area contributed by atoms with Gasteiger partial charge in [-0.2, -0.15) is 5.26 Å². The molecule has 0 fully saturated rings. The first kappa shape index (κ1) is 21.2. The van der Waals surface area contributed by atoms with Crippen molar-refractivity contribution in [3.8, 4) is 6.07 Å². The van der Waals surface area contributed by atoms with Crippen molar-refractivity contribution in [1.82, 2.24) is 0 Å². The van der Waals surface area contributed by atoms with Gasteiger partial charge in [0.05, 0.1) is 44.5 Å². The maximum Gasteiger partial charge on any atom is 0.108 e. The van der Waals surface area contributed by atoms with Crippen molar-refractivity contribution in [3.63, 3.8) is 0 Å². The van der Waals surface area contributed by atoms with Crippen LogP contribution < -0.4 is 0 Å². The summed E-state index contributed by atoms with van der Waals surface area (Å²) in [4.78, 5) is 0. The summed E-state index contributed by atoms with van der Waals surface area (Å²) in [7, 11) is 0. The maximum atomic E-state index is 10.3. The molecule has 5 heteroatoms. The number of hydrogen-bond donors (Lipinski definition) is 1. The van der Waals surface area contributed by atoms with Crippen LogP contribution in [0.5, 0.6) is 0 Å². The Labute approximate surface area is 172 Å². The molecule has 4 atom stereocenters. The highest BCUT2D eigenvalue weighted by atomic mass is 16.6. The quantitative estimate of drug-likeness (QED) is 0.691. The molecular formula is C24H27NO4. The SMILES string of the molecule is N#CC[C@H]1O[C@@H](COCc2ccccc2)[C@H](OCc2ccccc2)C/C=C\[C@@H]1O. The molecule has 1 heterocycles. The third kappa shape index (κ3) is 6.81. The van der Waals surface area contributed by atoms with Gasteiger partial charge < -0.3 is 19.3 Å². The van der Waals surface area contributed by atoms with Crippen LogP contribution in [0, 0.1) is 11.3 Å². The van der Waals surface area contributed by atoms with Crippen molar-refractivity contribution >= 4 is 0 Å². The van der Waals surface area contributed by atoms with E-state index >= 15 is 0 Å². The fraction of sp³-hybridized carbons (Fsp3) is 0.375. The van der Waals surface area contributed by atoms with E-state index in [0.29, 0.717) is 26.2 Å². The minimum absolute atomic E-state index is 0.103. The minimum Gasteiger partial charge on any atom is -0.386 e. The molecule has 1 aliphatic rings. The largest absolute Gasteiger partial charge is 0.386 e. The summed E-state index contributed by atoms with van der Waals surface area (Å²) in [6.45, 7) is 1.24. The Morgan fingerprint density at radius 2 is 1.62 bits per heavy atom. The van der Waals surface area contributed by atoms with Crippen LogP contribution in [0.4, 0.5) is 0 Å². The number of nitriles is 1. The van der Waals surface area contributed by atoms with Crippen LogP contribution >= 0.6 is 0 Å². The van der Waals surface area contributed by atoms with E-state index in [4.69, 9.17) is 19.5 Å². The third-order valence-corrected chi connectivity index (χ3v) is 4.84. The van der Waals surface area contributed by atoms with Gasteiger partial charge in [-0.05, 0) is 17.5 Å². The van der Waals surface area contributed by atoms with E-state index in [1.807, 2.05) is 66.7 Å². The van der Waals surface area contributed by atoms with Crippen molar-refractivity contribution in [2.24, 2.45) is 0 Å². The molecule has 0 spiro atoms. The van der Waals surface area contributed by atoms with Gasteiger partial charge in [0.15, 0.2) is 0 Å². The van der Waals surface area contributed by atoms with Crippen LogP contribution in [0.15, 0.2) is 72.8 Å². The molecule has 0 radical (unpaired) electrons. The number of hydrogen-bond acceptors (Lipinski definition) is 5. The van der Waals surface area contributed by atoms with E-state index in [1.54, 1.807) is 6.08 Å². The van der Waals surface area contributed by atoms with Crippen molar-refractivity contribution in [3.05, 3.63) is 83.9 Å². The zero-order valence-electron chi connectivity index (χ0n) is 16.4. The zero-order valence-corrected chi connectivity index (χ0v) is 16.4. The normalized spacial score (nSPS) is 25.5. The van der Waals surface area contributed by atoms with E-state index in [-0.39, 0.29) is 18.6 Å². The van der Waals surface area contributed by atoms with Crippen LogP contribution in [0.25, 0.3) is 0 Å². The summed E-state index contributed by atoms with van der Waals surface area (Å²) >= 11 is 0. The van der Waals surface area contributed by atoms with Crippen LogP contribution in [0.1, 0.15) is 24.0 Å². The number of aliphatic hydroxyl groups is 1. The standard InChI is InChI=1S/C24H27NO4/c25-15-14-22-21(26)12-7-13-23(28-17-20-10-5-2-6-11-20)24(29-22)18-27-16-19-8-3-1-4-9-19/h1-12,21-24,26H,13-14,16-18H2/b12-7-/t21-,22+,23+,24-/m0/s1. The minimum atomic E-state index is -0.818. The first-order valence-corrected chi connectivity index (χ1v) is 9.90. The van der Waals surface area contributed by atoms with Gasteiger partial charge >= 0.3 is 0 Å². The highest BCUT2D eigenvalue weighted by Gasteiger charge is 2.30. The molecule has 0 saturated heterocycles. The van der Waals surface area contributed by atoms with Crippen LogP contribution in [0.3, 0.4) is 0 Å². The van der Waals surface area contributed by atoms with E-state index in [0.717, 1.165) is 11.1 Å². The molecule has 0 unspecified atom stereocenters. The van der Waals surface area contributed by atoms with Crippen LogP contribution in [-0.4, -0.2) is 36.1 Å². The Morgan fingerprint density at radius 1 is 0.966 bits per heavy atom. The van der Waals surface area contributed by atoms with Crippen molar-refractivity contribution < 1.29 is 19.3 Å². The molecule has 0 amide bonds. The highest BCUT2D eigenvalue weighted by Crippen LogP contribution is 2.21. The first-order valence-electron chi connectivity index (χ1n) is 9.90. The molecule has 152 valence electrons. The maximum absolute atomic E-state index is 10.3. The van der Waals surface area contributed by atoms with Gasteiger partial charge in [0.2, 0.25) is 0 Å². The van der Waals surface area contributed by atoms with Crippen molar-refractivity contribution in [1.29, 1.82) is 5.26 Å². The Bertz CT molecular complexity index is 788. The summed E-state index contributed by atoms with van der Waals surface area (Å²) < 4.78 is 18.2. The fourth-order valence-electron chi connectivity index (χ4n) is 3.25. The van der Waals surface area contributed by atoms with Crippen LogP contribution in [0.2, 0.25) is 0 Å². The lowest BCUT2D eigenvalue weighted by Crippen LogP contribution is -2.42. The Hall–Kier alpha value is -2.49. The summed E-state index contributed by atoms with van der Waals surface area (Å²) in [5.74, 6) is 0. The summed E-state index contributed by atoms with van der Waals surface area (Å²) in [5.41, 5.74) is 2.16. The Kier molecular flexibility index (Phi) is 8.41. The molecule has 0 aliphatic carbocycles.